The average molecular weight is 383 g/mol. The van der Waals surface area contributed by atoms with Gasteiger partial charge in [-0.05, 0) is 18.6 Å². The zero-order valence-electron chi connectivity index (χ0n) is 16.1. The number of hydrogen-bond acceptors (Lipinski definition) is 6. The topological polar surface area (TPSA) is 89.5 Å². The lowest BCUT2D eigenvalue weighted by molar-refractivity contribution is -0.131. The Labute approximate surface area is 162 Å². The van der Waals surface area contributed by atoms with Crippen LogP contribution in [0.25, 0.3) is 0 Å². The van der Waals surface area contributed by atoms with Gasteiger partial charge in [0.2, 0.25) is 0 Å². The molecule has 0 unspecified atom stereocenters. The summed E-state index contributed by atoms with van der Waals surface area (Å²) < 4.78 is 15.9. The van der Waals surface area contributed by atoms with Gasteiger partial charge in [0.15, 0.2) is 11.5 Å². The predicted octanol–water partition coefficient (Wildman–Crippen LogP) is 2.51. The third-order valence-corrected chi connectivity index (χ3v) is 4.57. The molecule has 1 aliphatic rings. The number of hydrazone groups is 1. The summed E-state index contributed by atoms with van der Waals surface area (Å²) in [4.78, 5) is 25.3. The van der Waals surface area contributed by atoms with Crippen LogP contribution < -0.4 is 19.5 Å². The van der Waals surface area contributed by atoms with Gasteiger partial charge in [-0.3, -0.25) is 4.79 Å². The molecule has 0 saturated carbocycles. The normalized spacial score (nSPS) is 19.1. The number of methoxy groups -OCH3 is 3. The Balaban J connectivity index is 1.93. The van der Waals surface area contributed by atoms with Gasteiger partial charge in [-0.2, -0.15) is 5.10 Å². The number of benzene rings is 2. The van der Waals surface area contributed by atoms with Crippen molar-refractivity contribution in [1.29, 1.82) is 0 Å². The third-order valence-electron chi connectivity index (χ3n) is 4.57. The van der Waals surface area contributed by atoms with Crippen LogP contribution >= 0.6 is 0 Å². The number of hydrogen-bond donors (Lipinski definition) is 1. The molecule has 0 bridgehead atoms. The Hall–Kier alpha value is -3.55. The Morgan fingerprint density at radius 3 is 2.18 bits per heavy atom. The number of rotatable bonds is 6. The standard InChI is InChI=1S/C20H21N3O5/c1-20(14-8-6-5-7-9-14)18(24)23(19(25)22-20)21-12-13-10-16(27-3)17(28-4)11-15(13)26-2/h5-12H,1-4H3,(H,22,25)/b21-12-/t20-/m0/s1. The van der Waals surface area contributed by atoms with Gasteiger partial charge in [0.25, 0.3) is 5.91 Å². The molecule has 3 amide bonds. The molecule has 1 saturated heterocycles. The first-order valence-corrected chi connectivity index (χ1v) is 8.50. The van der Waals surface area contributed by atoms with Gasteiger partial charge >= 0.3 is 6.03 Å². The molecule has 2 aromatic carbocycles. The van der Waals surface area contributed by atoms with Crippen molar-refractivity contribution >= 4 is 18.2 Å². The second kappa shape index (κ2) is 7.59. The monoisotopic (exact) mass is 383 g/mol. The lowest BCUT2D eigenvalue weighted by atomic mass is 9.92. The van der Waals surface area contributed by atoms with E-state index in [0.717, 1.165) is 5.01 Å². The van der Waals surface area contributed by atoms with Gasteiger partial charge < -0.3 is 19.5 Å². The highest BCUT2D eigenvalue weighted by molar-refractivity contribution is 6.07. The van der Waals surface area contributed by atoms with E-state index >= 15 is 0 Å². The molecule has 146 valence electrons. The minimum atomic E-state index is -1.18. The number of urea groups is 1. The summed E-state index contributed by atoms with van der Waals surface area (Å²) in [7, 11) is 4.52. The van der Waals surface area contributed by atoms with Gasteiger partial charge in [0.1, 0.15) is 11.3 Å². The molecule has 2 aromatic rings. The van der Waals surface area contributed by atoms with Crippen LogP contribution in [-0.4, -0.2) is 44.5 Å². The van der Waals surface area contributed by atoms with Crippen LogP contribution in [0.2, 0.25) is 0 Å². The first-order valence-electron chi connectivity index (χ1n) is 8.50. The van der Waals surface area contributed by atoms with Crippen LogP contribution in [0.15, 0.2) is 47.6 Å². The van der Waals surface area contributed by atoms with E-state index in [1.807, 2.05) is 6.07 Å². The number of carbonyl (C=O) groups excluding carboxylic acids is 2. The maximum absolute atomic E-state index is 12.9. The average Bonchev–Trinajstić information content (AvgIpc) is 2.95. The van der Waals surface area contributed by atoms with Crippen molar-refractivity contribution < 1.29 is 23.8 Å². The van der Waals surface area contributed by atoms with Crippen molar-refractivity contribution in [2.24, 2.45) is 5.10 Å². The van der Waals surface area contributed by atoms with E-state index in [-0.39, 0.29) is 0 Å². The Bertz CT molecular complexity index is 929. The highest BCUT2D eigenvalue weighted by Gasteiger charge is 2.49. The number of nitrogens with zero attached hydrogens (tertiary/aromatic N) is 2. The Morgan fingerprint density at radius 1 is 0.964 bits per heavy atom. The minimum absolute atomic E-state index is 0.458. The molecular formula is C20H21N3O5. The molecule has 0 radical (unpaired) electrons. The molecule has 1 N–H and O–H groups in total. The van der Waals surface area contributed by atoms with E-state index in [0.29, 0.717) is 28.4 Å². The summed E-state index contributed by atoms with van der Waals surface area (Å²) in [6.07, 6.45) is 1.37. The fourth-order valence-electron chi connectivity index (χ4n) is 2.97. The summed E-state index contributed by atoms with van der Waals surface area (Å²) in [6.45, 7) is 1.65. The van der Waals surface area contributed by atoms with Crippen LogP contribution in [0, 0.1) is 0 Å². The zero-order chi connectivity index (χ0) is 20.3. The number of ether oxygens (including phenoxy) is 3. The highest BCUT2D eigenvalue weighted by Crippen LogP contribution is 2.34. The molecule has 1 aliphatic heterocycles. The van der Waals surface area contributed by atoms with Crippen LogP contribution in [0.3, 0.4) is 0 Å². The minimum Gasteiger partial charge on any atom is -0.496 e. The fraction of sp³-hybridized carbons (Fsp3) is 0.250. The van der Waals surface area contributed by atoms with Gasteiger partial charge in [0.05, 0.1) is 27.5 Å². The van der Waals surface area contributed by atoms with E-state index in [4.69, 9.17) is 14.2 Å². The van der Waals surface area contributed by atoms with Gasteiger partial charge in [-0.25, -0.2) is 4.79 Å². The first-order chi connectivity index (χ1) is 13.4. The van der Waals surface area contributed by atoms with Crippen LogP contribution in [0.1, 0.15) is 18.1 Å². The number of nitrogens with one attached hydrogen (secondary N) is 1. The maximum Gasteiger partial charge on any atom is 0.346 e. The van der Waals surface area contributed by atoms with Crippen LogP contribution in [0.5, 0.6) is 17.2 Å². The second-order valence-corrected chi connectivity index (χ2v) is 6.23. The molecule has 1 fully saturated rings. The quantitative estimate of drug-likeness (QED) is 0.612. The van der Waals surface area contributed by atoms with Crippen molar-refractivity contribution in [3.63, 3.8) is 0 Å². The largest absolute Gasteiger partial charge is 0.496 e. The van der Waals surface area contributed by atoms with E-state index in [1.54, 1.807) is 43.3 Å². The molecule has 1 atom stereocenters. The van der Waals surface area contributed by atoms with Crippen molar-refractivity contribution in [2.75, 3.05) is 21.3 Å². The van der Waals surface area contributed by atoms with E-state index in [2.05, 4.69) is 10.4 Å². The molecule has 0 spiro atoms. The summed E-state index contributed by atoms with van der Waals surface area (Å²) in [5, 5.41) is 7.59. The summed E-state index contributed by atoms with van der Waals surface area (Å²) in [5.41, 5.74) is 0.0148. The van der Waals surface area contributed by atoms with Crippen molar-refractivity contribution in [3.05, 3.63) is 53.6 Å². The molecule has 0 aliphatic carbocycles. The molecule has 0 aromatic heterocycles. The number of amides is 3. The van der Waals surface area contributed by atoms with E-state index in [1.165, 1.54) is 27.5 Å². The highest BCUT2D eigenvalue weighted by atomic mass is 16.5. The van der Waals surface area contributed by atoms with Crippen molar-refractivity contribution in [3.8, 4) is 17.2 Å². The molecule has 28 heavy (non-hydrogen) atoms. The van der Waals surface area contributed by atoms with Gasteiger partial charge in [-0.15, -0.1) is 5.01 Å². The molecule has 8 heteroatoms. The lowest BCUT2D eigenvalue weighted by Crippen LogP contribution is -2.40. The summed E-state index contributed by atoms with van der Waals surface area (Å²) >= 11 is 0. The maximum atomic E-state index is 12.9. The van der Waals surface area contributed by atoms with E-state index < -0.39 is 17.5 Å². The molecule has 1 heterocycles. The zero-order valence-corrected chi connectivity index (χ0v) is 16.1. The third kappa shape index (κ3) is 3.24. The second-order valence-electron chi connectivity index (χ2n) is 6.23. The summed E-state index contributed by atoms with van der Waals surface area (Å²) in [6, 6.07) is 11.7. The van der Waals surface area contributed by atoms with E-state index in [9.17, 15) is 9.59 Å². The number of imide groups is 1. The smallest absolute Gasteiger partial charge is 0.346 e. The van der Waals surface area contributed by atoms with Crippen LogP contribution in [0.4, 0.5) is 4.79 Å². The Kier molecular flexibility index (Phi) is 5.21. The first kappa shape index (κ1) is 19.2. The lowest BCUT2D eigenvalue weighted by Gasteiger charge is -2.21. The number of carbonyl (C=O) groups is 2. The van der Waals surface area contributed by atoms with Gasteiger partial charge in [0, 0.05) is 11.6 Å². The van der Waals surface area contributed by atoms with Gasteiger partial charge in [-0.1, -0.05) is 30.3 Å². The SMILES string of the molecule is COc1cc(OC)c(OC)cc1/C=N\N1C(=O)N[C@@](C)(c2ccccc2)C1=O. The van der Waals surface area contributed by atoms with Crippen molar-refractivity contribution in [2.45, 2.75) is 12.5 Å². The van der Waals surface area contributed by atoms with Crippen LogP contribution in [-0.2, 0) is 10.3 Å². The Morgan fingerprint density at radius 2 is 1.57 bits per heavy atom. The molecule has 3 rings (SSSR count). The predicted molar refractivity (Wildman–Crippen MR) is 103 cm³/mol. The molecular weight excluding hydrogens is 362 g/mol. The molecule has 8 nitrogen and oxygen atoms in total. The fourth-order valence-corrected chi connectivity index (χ4v) is 2.97. The van der Waals surface area contributed by atoms with Crippen molar-refractivity contribution in [1.82, 2.24) is 10.3 Å². The summed E-state index contributed by atoms with van der Waals surface area (Å²) in [5.74, 6) is 0.942.